The van der Waals surface area contributed by atoms with Gasteiger partial charge in [-0.15, -0.1) is 12.4 Å². The van der Waals surface area contributed by atoms with E-state index in [4.69, 9.17) is 0 Å². The summed E-state index contributed by atoms with van der Waals surface area (Å²) in [6.07, 6.45) is 0.691. The number of aliphatic hydroxyl groups is 1. The second-order valence-corrected chi connectivity index (χ2v) is 4.55. The predicted molar refractivity (Wildman–Crippen MR) is 68.9 cm³/mol. The van der Waals surface area contributed by atoms with Crippen LogP contribution in [-0.2, 0) is 0 Å². The molecule has 0 aliphatic rings. The topological polar surface area (TPSA) is 32.3 Å². The molecule has 0 fully saturated rings. The van der Waals surface area contributed by atoms with Crippen molar-refractivity contribution in [2.24, 2.45) is 0 Å². The third-order valence-electron chi connectivity index (χ3n) is 2.52. The normalized spacial score (nSPS) is 16.5. The van der Waals surface area contributed by atoms with Gasteiger partial charge in [0.2, 0.25) is 0 Å². The number of thiophene rings is 1. The number of rotatable bonds is 5. The monoisotopic (exact) mass is 249 g/mol. The lowest BCUT2D eigenvalue weighted by atomic mass is 10.1. The van der Waals surface area contributed by atoms with Gasteiger partial charge in [0.25, 0.3) is 0 Å². The molecule has 0 aromatic carbocycles. The number of nitrogens with one attached hydrogen (secondary N) is 1. The van der Waals surface area contributed by atoms with Gasteiger partial charge in [-0.3, -0.25) is 0 Å². The van der Waals surface area contributed by atoms with Crippen LogP contribution < -0.4 is 5.32 Å². The average Bonchev–Trinajstić information content (AvgIpc) is 2.69. The largest absolute Gasteiger partial charge is 0.387 e. The molecule has 0 aliphatic carbocycles. The fraction of sp³-hybridized carbons (Fsp3) is 0.636. The summed E-state index contributed by atoms with van der Waals surface area (Å²) in [7, 11) is 0. The van der Waals surface area contributed by atoms with E-state index >= 15 is 0 Å². The molecule has 3 unspecified atom stereocenters. The molecule has 0 saturated heterocycles. The van der Waals surface area contributed by atoms with E-state index < -0.39 is 6.10 Å². The van der Waals surface area contributed by atoms with Gasteiger partial charge < -0.3 is 10.4 Å². The minimum atomic E-state index is -0.393. The van der Waals surface area contributed by atoms with Crippen LogP contribution >= 0.6 is 23.7 Å². The highest BCUT2D eigenvalue weighted by Gasteiger charge is 2.17. The molecular formula is C11H20ClNOS. The van der Waals surface area contributed by atoms with E-state index in [0.29, 0.717) is 6.04 Å². The lowest BCUT2D eigenvalue weighted by Crippen LogP contribution is -2.38. The van der Waals surface area contributed by atoms with Crippen molar-refractivity contribution in [1.29, 1.82) is 0 Å². The van der Waals surface area contributed by atoms with Gasteiger partial charge in [-0.05, 0) is 42.7 Å². The quantitative estimate of drug-likeness (QED) is 0.841. The minimum Gasteiger partial charge on any atom is -0.387 e. The minimum absolute atomic E-state index is 0. The molecule has 1 aromatic rings. The van der Waals surface area contributed by atoms with Gasteiger partial charge in [0.05, 0.1) is 6.10 Å². The molecule has 0 bridgehead atoms. The Morgan fingerprint density at radius 3 is 2.60 bits per heavy atom. The molecule has 88 valence electrons. The maximum Gasteiger partial charge on any atom is 0.0948 e. The Morgan fingerprint density at radius 1 is 1.47 bits per heavy atom. The fourth-order valence-electron chi connectivity index (χ4n) is 1.39. The van der Waals surface area contributed by atoms with Crippen LogP contribution in [0.1, 0.15) is 38.9 Å². The van der Waals surface area contributed by atoms with Crippen molar-refractivity contribution in [1.82, 2.24) is 5.32 Å². The van der Waals surface area contributed by atoms with Crippen molar-refractivity contribution >= 4 is 23.7 Å². The zero-order valence-corrected chi connectivity index (χ0v) is 11.1. The highest BCUT2D eigenvalue weighted by molar-refractivity contribution is 7.07. The molecule has 0 amide bonds. The maximum absolute atomic E-state index is 9.97. The first-order chi connectivity index (χ1) is 6.65. The molecule has 4 heteroatoms. The summed E-state index contributed by atoms with van der Waals surface area (Å²) >= 11 is 1.62. The molecule has 15 heavy (non-hydrogen) atoms. The van der Waals surface area contributed by atoms with E-state index in [1.54, 1.807) is 11.3 Å². The van der Waals surface area contributed by atoms with Gasteiger partial charge in [-0.1, -0.05) is 6.92 Å². The number of hydrogen-bond acceptors (Lipinski definition) is 3. The molecule has 0 radical (unpaired) electrons. The fourth-order valence-corrected chi connectivity index (χ4v) is 2.08. The molecular weight excluding hydrogens is 230 g/mol. The molecule has 1 heterocycles. The third-order valence-corrected chi connectivity index (χ3v) is 3.22. The van der Waals surface area contributed by atoms with Crippen molar-refractivity contribution in [3.05, 3.63) is 22.4 Å². The molecule has 3 atom stereocenters. The van der Waals surface area contributed by atoms with E-state index in [9.17, 15) is 5.11 Å². The predicted octanol–water partition coefficient (Wildman–Crippen LogP) is 2.98. The summed E-state index contributed by atoms with van der Waals surface area (Å²) in [5.74, 6) is 0. The third kappa shape index (κ3) is 4.51. The number of halogens is 1. The van der Waals surface area contributed by atoms with Crippen LogP contribution in [0.25, 0.3) is 0 Å². The Bertz CT molecular complexity index is 253. The van der Waals surface area contributed by atoms with Crippen molar-refractivity contribution in [3.8, 4) is 0 Å². The van der Waals surface area contributed by atoms with Gasteiger partial charge in [0.15, 0.2) is 0 Å². The lowest BCUT2D eigenvalue weighted by molar-refractivity contribution is 0.130. The standard InChI is InChI=1S/C11H19NOS.ClH/c1-4-8(2)12-9(3)11(13)10-5-6-14-7-10;/h5-9,11-13H,4H2,1-3H3;1H. The molecule has 1 rings (SSSR count). The zero-order chi connectivity index (χ0) is 10.6. The van der Waals surface area contributed by atoms with Gasteiger partial charge in [0, 0.05) is 12.1 Å². The first-order valence-corrected chi connectivity index (χ1v) is 6.05. The Morgan fingerprint density at radius 2 is 2.13 bits per heavy atom. The van der Waals surface area contributed by atoms with Crippen LogP contribution in [0, 0.1) is 0 Å². The Hall–Kier alpha value is -0.0900. The molecule has 0 aliphatic heterocycles. The van der Waals surface area contributed by atoms with Crippen LogP contribution in [0.2, 0.25) is 0 Å². The van der Waals surface area contributed by atoms with Crippen LogP contribution in [-0.4, -0.2) is 17.2 Å². The molecule has 0 saturated carbocycles. The summed E-state index contributed by atoms with van der Waals surface area (Å²) in [5.41, 5.74) is 1.01. The van der Waals surface area contributed by atoms with E-state index in [0.717, 1.165) is 12.0 Å². The molecule has 1 aromatic heterocycles. The summed E-state index contributed by atoms with van der Waals surface area (Å²) in [6.45, 7) is 6.30. The second kappa shape index (κ2) is 7.23. The smallest absolute Gasteiger partial charge is 0.0948 e. The molecule has 2 nitrogen and oxygen atoms in total. The van der Waals surface area contributed by atoms with Crippen LogP contribution in [0.5, 0.6) is 0 Å². The van der Waals surface area contributed by atoms with Gasteiger partial charge >= 0.3 is 0 Å². The van der Waals surface area contributed by atoms with Gasteiger partial charge in [-0.25, -0.2) is 0 Å². The van der Waals surface area contributed by atoms with Crippen molar-refractivity contribution < 1.29 is 5.11 Å². The Kier molecular flexibility index (Phi) is 7.18. The summed E-state index contributed by atoms with van der Waals surface area (Å²) in [4.78, 5) is 0. The van der Waals surface area contributed by atoms with Gasteiger partial charge in [0.1, 0.15) is 0 Å². The highest BCUT2D eigenvalue weighted by atomic mass is 35.5. The average molecular weight is 250 g/mol. The van der Waals surface area contributed by atoms with Gasteiger partial charge in [-0.2, -0.15) is 11.3 Å². The van der Waals surface area contributed by atoms with E-state index in [-0.39, 0.29) is 18.4 Å². The van der Waals surface area contributed by atoms with E-state index in [2.05, 4.69) is 19.2 Å². The number of hydrogen-bond donors (Lipinski definition) is 2. The Balaban J connectivity index is 0.00000196. The lowest BCUT2D eigenvalue weighted by Gasteiger charge is -2.23. The van der Waals surface area contributed by atoms with Crippen LogP contribution in [0.3, 0.4) is 0 Å². The van der Waals surface area contributed by atoms with Crippen molar-refractivity contribution in [2.45, 2.75) is 45.4 Å². The first kappa shape index (κ1) is 14.9. The highest BCUT2D eigenvalue weighted by Crippen LogP contribution is 2.19. The number of aliphatic hydroxyl groups excluding tert-OH is 1. The summed E-state index contributed by atoms with van der Waals surface area (Å²) in [6, 6.07) is 2.54. The van der Waals surface area contributed by atoms with Crippen LogP contribution in [0.4, 0.5) is 0 Å². The molecule has 2 N–H and O–H groups in total. The SMILES string of the molecule is CCC(C)NC(C)C(O)c1ccsc1.Cl. The van der Waals surface area contributed by atoms with Crippen molar-refractivity contribution in [3.63, 3.8) is 0 Å². The van der Waals surface area contributed by atoms with E-state index in [1.165, 1.54) is 0 Å². The van der Waals surface area contributed by atoms with E-state index in [1.807, 2.05) is 23.8 Å². The Labute approximate surface area is 102 Å². The summed E-state index contributed by atoms with van der Waals surface area (Å²) in [5, 5.41) is 17.3. The molecule has 0 spiro atoms. The second-order valence-electron chi connectivity index (χ2n) is 3.77. The zero-order valence-electron chi connectivity index (χ0n) is 9.43. The maximum atomic E-state index is 9.97. The van der Waals surface area contributed by atoms with Crippen molar-refractivity contribution in [2.75, 3.05) is 0 Å². The first-order valence-electron chi connectivity index (χ1n) is 5.11. The van der Waals surface area contributed by atoms with Crippen LogP contribution in [0.15, 0.2) is 16.8 Å². The summed E-state index contributed by atoms with van der Waals surface area (Å²) < 4.78 is 0.